The molecule has 1 nitrogen and oxygen atoms in total. The van der Waals surface area contributed by atoms with Crippen LogP contribution >= 0.6 is 0 Å². The van der Waals surface area contributed by atoms with Crippen LogP contribution in [0.4, 0.5) is 0 Å². The molecular weight excluding hydrogens is 160 g/mol. The van der Waals surface area contributed by atoms with E-state index in [0.29, 0.717) is 5.92 Å². The van der Waals surface area contributed by atoms with E-state index in [2.05, 4.69) is 30.3 Å². The second-order valence-electron chi connectivity index (χ2n) is 3.55. The Balaban J connectivity index is 2.15. The van der Waals surface area contributed by atoms with Crippen LogP contribution in [0.15, 0.2) is 42.5 Å². The van der Waals surface area contributed by atoms with Crippen molar-refractivity contribution in [3.63, 3.8) is 0 Å². The maximum absolute atomic E-state index is 9.29. The highest BCUT2D eigenvalue weighted by molar-refractivity contribution is 5.25. The summed E-state index contributed by atoms with van der Waals surface area (Å²) in [6, 6.07) is 10.5. The molecule has 0 radical (unpaired) electrons. The van der Waals surface area contributed by atoms with Gasteiger partial charge in [0.2, 0.25) is 0 Å². The number of allylic oxidation sites excluding steroid dienone is 1. The summed E-state index contributed by atoms with van der Waals surface area (Å²) in [5.41, 5.74) is 1.35. The first-order valence-electron chi connectivity index (χ1n) is 4.77. The molecule has 1 aromatic carbocycles. The average Bonchev–Trinajstić information content (AvgIpc) is 2.20. The van der Waals surface area contributed by atoms with E-state index in [1.165, 1.54) is 5.56 Å². The van der Waals surface area contributed by atoms with Crippen LogP contribution in [0.2, 0.25) is 0 Å². The highest BCUT2D eigenvalue weighted by Crippen LogP contribution is 2.27. The fourth-order valence-electron chi connectivity index (χ4n) is 1.78. The van der Waals surface area contributed by atoms with Crippen LogP contribution in [0, 0.1) is 0 Å². The van der Waals surface area contributed by atoms with Gasteiger partial charge in [0.1, 0.15) is 0 Å². The van der Waals surface area contributed by atoms with E-state index >= 15 is 0 Å². The Bertz CT molecular complexity index is 289. The van der Waals surface area contributed by atoms with Crippen molar-refractivity contribution in [3.05, 3.63) is 48.0 Å². The highest BCUT2D eigenvalue weighted by atomic mass is 16.3. The maximum Gasteiger partial charge on any atom is 0.0721 e. The standard InChI is InChI=1S/C12H14O/c13-12-8-6-11(7-9-12)10-4-2-1-3-5-10/h1-6,8,11-13H,7,9H2/t11-,12?/m0/s1. The van der Waals surface area contributed by atoms with E-state index in [-0.39, 0.29) is 6.10 Å². The number of rotatable bonds is 1. The largest absolute Gasteiger partial charge is 0.389 e. The lowest BCUT2D eigenvalue weighted by atomic mass is 9.88. The molecule has 0 aliphatic heterocycles. The summed E-state index contributed by atoms with van der Waals surface area (Å²) in [4.78, 5) is 0. The summed E-state index contributed by atoms with van der Waals surface area (Å²) >= 11 is 0. The normalized spacial score (nSPS) is 27.5. The Morgan fingerprint density at radius 3 is 2.38 bits per heavy atom. The van der Waals surface area contributed by atoms with Gasteiger partial charge in [-0.15, -0.1) is 0 Å². The van der Waals surface area contributed by atoms with E-state index < -0.39 is 0 Å². The van der Waals surface area contributed by atoms with Gasteiger partial charge in [0.25, 0.3) is 0 Å². The van der Waals surface area contributed by atoms with Gasteiger partial charge in [0.05, 0.1) is 6.10 Å². The van der Waals surface area contributed by atoms with Crippen LogP contribution in [0.25, 0.3) is 0 Å². The van der Waals surface area contributed by atoms with Crippen molar-refractivity contribution in [2.24, 2.45) is 0 Å². The molecule has 68 valence electrons. The lowest BCUT2D eigenvalue weighted by Gasteiger charge is -2.19. The zero-order chi connectivity index (χ0) is 9.10. The number of aliphatic hydroxyl groups excluding tert-OH is 1. The fourth-order valence-corrected chi connectivity index (χ4v) is 1.78. The molecule has 1 aromatic rings. The van der Waals surface area contributed by atoms with Crippen molar-refractivity contribution in [1.82, 2.24) is 0 Å². The lowest BCUT2D eigenvalue weighted by molar-refractivity contribution is 0.201. The SMILES string of the molecule is OC1C=C[C@H](c2ccccc2)CC1. The quantitative estimate of drug-likeness (QED) is 0.648. The van der Waals surface area contributed by atoms with E-state index in [1.54, 1.807) is 0 Å². The minimum atomic E-state index is -0.222. The maximum atomic E-state index is 9.29. The zero-order valence-corrected chi connectivity index (χ0v) is 7.56. The van der Waals surface area contributed by atoms with Gasteiger partial charge in [0, 0.05) is 5.92 Å². The molecular formula is C12H14O. The molecule has 2 rings (SSSR count). The first kappa shape index (κ1) is 8.52. The monoisotopic (exact) mass is 174 g/mol. The highest BCUT2D eigenvalue weighted by Gasteiger charge is 2.14. The van der Waals surface area contributed by atoms with Gasteiger partial charge < -0.3 is 5.11 Å². The third-order valence-corrected chi connectivity index (χ3v) is 2.57. The minimum absolute atomic E-state index is 0.222. The van der Waals surface area contributed by atoms with Crippen molar-refractivity contribution in [3.8, 4) is 0 Å². The summed E-state index contributed by atoms with van der Waals surface area (Å²) in [5, 5.41) is 9.29. The molecule has 1 heteroatoms. The molecule has 0 saturated heterocycles. The summed E-state index contributed by atoms with van der Waals surface area (Å²) < 4.78 is 0. The molecule has 1 aliphatic carbocycles. The smallest absolute Gasteiger partial charge is 0.0721 e. The molecule has 1 unspecified atom stereocenters. The van der Waals surface area contributed by atoms with Crippen molar-refractivity contribution in [1.29, 1.82) is 0 Å². The topological polar surface area (TPSA) is 20.2 Å². The molecule has 0 saturated carbocycles. The molecule has 13 heavy (non-hydrogen) atoms. The summed E-state index contributed by atoms with van der Waals surface area (Å²) in [5.74, 6) is 0.504. The van der Waals surface area contributed by atoms with E-state index in [0.717, 1.165) is 12.8 Å². The number of aliphatic hydroxyl groups is 1. The molecule has 0 heterocycles. The van der Waals surface area contributed by atoms with Gasteiger partial charge in [-0.2, -0.15) is 0 Å². The molecule has 2 atom stereocenters. The number of hydrogen-bond donors (Lipinski definition) is 1. The molecule has 1 aliphatic rings. The molecule has 0 spiro atoms. The van der Waals surface area contributed by atoms with Crippen LogP contribution in [0.3, 0.4) is 0 Å². The van der Waals surface area contributed by atoms with Crippen molar-refractivity contribution >= 4 is 0 Å². The second-order valence-corrected chi connectivity index (χ2v) is 3.55. The minimum Gasteiger partial charge on any atom is -0.389 e. The van der Waals surface area contributed by atoms with E-state index in [1.807, 2.05) is 12.1 Å². The predicted molar refractivity (Wildman–Crippen MR) is 53.6 cm³/mol. The molecule has 0 bridgehead atoms. The molecule has 0 amide bonds. The van der Waals surface area contributed by atoms with Crippen molar-refractivity contribution in [2.45, 2.75) is 24.9 Å². The second kappa shape index (κ2) is 3.75. The zero-order valence-electron chi connectivity index (χ0n) is 7.56. The van der Waals surface area contributed by atoms with Crippen LogP contribution in [-0.2, 0) is 0 Å². The third kappa shape index (κ3) is 1.99. The number of hydrogen-bond acceptors (Lipinski definition) is 1. The van der Waals surface area contributed by atoms with Crippen LogP contribution in [-0.4, -0.2) is 11.2 Å². The number of benzene rings is 1. The summed E-state index contributed by atoms with van der Waals surface area (Å²) in [6.07, 6.45) is 5.74. The Morgan fingerprint density at radius 2 is 1.77 bits per heavy atom. The van der Waals surface area contributed by atoms with E-state index in [9.17, 15) is 5.11 Å². The first-order chi connectivity index (χ1) is 6.36. The Hall–Kier alpha value is -1.08. The first-order valence-corrected chi connectivity index (χ1v) is 4.77. The van der Waals surface area contributed by atoms with Crippen molar-refractivity contribution < 1.29 is 5.11 Å². The average molecular weight is 174 g/mol. The van der Waals surface area contributed by atoms with Gasteiger partial charge in [0.15, 0.2) is 0 Å². The Labute approximate surface area is 78.7 Å². The Kier molecular flexibility index (Phi) is 2.46. The van der Waals surface area contributed by atoms with Crippen LogP contribution in [0.1, 0.15) is 24.3 Å². The van der Waals surface area contributed by atoms with Gasteiger partial charge in [-0.25, -0.2) is 0 Å². The molecule has 0 aromatic heterocycles. The Morgan fingerprint density at radius 1 is 1.00 bits per heavy atom. The molecule has 0 fully saturated rings. The predicted octanol–water partition coefficient (Wildman–Crippen LogP) is 2.48. The van der Waals surface area contributed by atoms with Crippen LogP contribution < -0.4 is 0 Å². The van der Waals surface area contributed by atoms with Crippen LogP contribution in [0.5, 0.6) is 0 Å². The van der Waals surface area contributed by atoms with Gasteiger partial charge in [-0.1, -0.05) is 42.5 Å². The lowest BCUT2D eigenvalue weighted by Crippen LogP contribution is -2.10. The van der Waals surface area contributed by atoms with E-state index in [4.69, 9.17) is 0 Å². The summed E-state index contributed by atoms with van der Waals surface area (Å²) in [6.45, 7) is 0. The van der Waals surface area contributed by atoms with Crippen molar-refractivity contribution in [2.75, 3.05) is 0 Å². The molecule has 1 N–H and O–H groups in total. The van der Waals surface area contributed by atoms with Gasteiger partial charge in [-0.05, 0) is 18.4 Å². The van der Waals surface area contributed by atoms with Gasteiger partial charge in [-0.3, -0.25) is 0 Å². The fraction of sp³-hybridized carbons (Fsp3) is 0.333. The summed E-state index contributed by atoms with van der Waals surface area (Å²) in [7, 11) is 0. The third-order valence-electron chi connectivity index (χ3n) is 2.57. The van der Waals surface area contributed by atoms with Gasteiger partial charge >= 0.3 is 0 Å².